The molecule has 8 heteroatoms. The van der Waals surface area contributed by atoms with Gasteiger partial charge in [0.25, 0.3) is 0 Å². The molecule has 0 radical (unpaired) electrons. The summed E-state index contributed by atoms with van der Waals surface area (Å²) in [6.45, 7) is 1.98. The van der Waals surface area contributed by atoms with Crippen molar-refractivity contribution < 1.29 is 0 Å². The van der Waals surface area contributed by atoms with Crippen molar-refractivity contribution in [3.05, 3.63) is 59.4 Å². The van der Waals surface area contributed by atoms with Crippen LogP contribution < -0.4 is 0 Å². The molecule has 0 atom stereocenters. The molecular weight excluding hydrogens is 394 g/mol. The van der Waals surface area contributed by atoms with Crippen LogP contribution in [0.2, 0.25) is 0 Å². The molecule has 0 saturated carbocycles. The van der Waals surface area contributed by atoms with Gasteiger partial charge in [-0.1, -0.05) is 0 Å². The van der Waals surface area contributed by atoms with Crippen LogP contribution >= 0.6 is 11.3 Å². The topological polar surface area (TPSA) is 88.1 Å². The third kappa shape index (κ3) is 2.50. The highest BCUT2D eigenvalue weighted by Gasteiger charge is 2.16. The molecule has 0 spiro atoms. The van der Waals surface area contributed by atoms with Crippen LogP contribution in [0, 0.1) is 6.92 Å². The summed E-state index contributed by atoms with van der Waals surface area (Å²) in [5.41, 5.74) is 7.70. The van der Waals surface area contributed by atoms with Gasteiger partial charge in [-0.2, -0.15) is 16.4 Å². The number of fused-ring (bicyclic) bond motifs is 2. The van der Waals surface area contributed by atoms with E-state index in [2.05, 4.69) is 65.2 Å². The first-order chi connectivity index (χ1) is 14.7. The van der Waals surface area contributed by atoms with E-state index < -0.39 is 0 Å². The maximum atomic E-state index is 4.60. The first-order valence-corrected chi connectivity index (χ1v) is 10.5. The molecule has 146 valence electrons. The summed E-state index contributed by atoms with van der Waals surface area (Å²) in [5, 5.41) is 14.0. The predicted octanol–water partition coefficient (Wildman–Crippen LogP) is 4.94. The molecule has 30 heavy (non-hydrogen) atoms. The zero-order valence-electron chi connectivity index (χ0n) is 16.3. The predicted molar refractivity (Wildman–Crippen MR) is 119 cm³/mol. The van der Waals surface area contributed by atoms with Crippen LogP contribution in [-0.4, -0.2) is 34.7 Å². The molecule has 0 amide bonds. The largest absolute Gasteiger partial charge is 0.338 e. The number of pyridine rings is 2. The number of nitrogens with zero attached hydrogens (tertiary/aromatic N) is 5. The van der Waals surface area contributed by atoms with Crippen molar-refractivity contribution in [1.29, 1.82) is 0 Å². The number of imidazole rings is 1. The molecule has 0 aliphatic heterocycles. The Hall–Kier alpha value is -3.78. The summed E-state index contributed by atoms with van der Waals surface area (Å²) >= 11 is 1.69. The molecule has 6 aromatic heterocycles. The molecule has 0 unspecified atom stereocenters. The molecule has 0 fully saturated rings. The lowest BCUT2D eigenvalue weighted by atomic mass is 10.1. The van der Waals surface area contributed by atoms with Crippen molar-refractivity contribution in [3.63, 3.8) is 0 Å². The molecule has 0 aliphatic rings. The average Bonchev–Trinajstić information content (AvgIpc) is 3.54. The fraction of sp³-hybridized carbons (Fsp3) is 0.0909. The molecule has 6 aromatic rings. The van der Waals surface area contributed by atoms with Crippen LogP contribution in [0.3, 0.4) is 0 Å². The fourth-order valence-corrected chi connectivity index (χ4v) is 4.48. The second-order valence-electron chi connectivity index (χ2n) is 7.25. The Morgan fingerprint density at radius 1 is 1.03 bits per heavy atom. The minimum atomic E-state index is 0.849. The molecular formula is C22H17N7S. The second-order valence-corrected chi connectivity index (χ2v) is 8.03. The molecule has 6 heterocycles. The van der Waals surface area contributed by atoms with Gasteiger partial charge in [-0.3, -0.25) is 10.1 Å². The summed E-state index contributed by atoms with van der Waals surface area (Å²) in [5.74, 6) is 0.946. The molecule has 0 aromatic carbocycles. The monoisotopic (exact) mass is 411 g/mol. The minimum Gasteiger partial charge on any atom is -0.338 e. The smallest absolute Gasteiger partial charge is 0.138 e. The van der Waals surface area contributed by atoms with Gasteiger partial charge in [0, 0.05) is 24.0 Å². The summed E-state index contributed by atoms with van der Waals surface area (Å²) in [4.78, 5) is 17.0. The van der Waals surface area contributed by atoms with E-state index in [0.717, 1.165) is 56.1 Å². The number of rotatable bonds is 3. The van der Waals surface area contributed by atoms with E-state index in [-0.39, 0.29) is 0 Å². The molecule has 0 saturated heterocycles. The van der Waals surface area contributed by atoms with Crippen molar-refractivity contribution in [2.45, 2.75) is 6.92 Å². The van der Waals surface area contributed by atoms with Gasteiger partial charge in [-0.05, 0) is 53.1 Å². The Balaban J connectivity index is 1.53. The normalized spacial score (nSPS) is 11.7. The summed E-state index contributed by atoms with van der Waals surface area (Å²) in [6.07, 6.45) is 5.51. The maximum absolute atomic E-state index is 4.60. The lowest BCUT2D eigenvalue weighted by molar-refractivity contribution is 0.862. The van der Waals surface area contributed by atoms with E-state index in [9.17, 15) is 0 Å². The Morgan fingerprint density at radius 3 is 2.77 bits per heavy atom. The third-order valence-electron chi connectivity index (χ3n) is 5.55. The molecule has 7 nitrogen and oxygen atoms in total. The SMILES string of the molecule is Cc1ncc(-c2cc3c(-c4cc5c(-c6ccsc6)ccnc5[nH]4)n[nH]c3cn2)n1C. The maximum Gasteiger partial charge on any atom is 0.138 e. The third-order valence-corrected chi connectivity index (χ3v) is 6.23. The Kier molecular flexibility index (Phi) is 3.63. The Morgan fingerprint density at radius 2 is 1.97 bits per heavy atom. The second kappa shape index (κ2) is 6.36. The van der Waals surface area contributed by atoms with Gasteiger partial charge in [0.1, 0.15) is 17.2 Å². The number of nitrogens with one attached hydrogen (secondary N) is 2. The lowest BCUT2D eigenvalue weighted by Gasteiger charge is -2.03. The molecule has 0 aliphatic carbocycles. The van der Waals surface area contributed by atoms with Crippen LogP contribution in [0.25, 0.3) is 55.8 Å². The number of thiophene rings is 1. The van der Waals surface area contributed by atoms with Crippen molar-refractivity contribution in [3.8, 4) is 33.9 Å². The fourth-order valence-electron chi connectivity index (χ4n) is 3.83. The molecule has 0 bridgehead atoms. The highest BCUT2D eigenvalue weighted by molar-refractivity contribution is 7.08. The number of aryl methyl sites for hydroxylation is 1. The first-order valence-electron chi connectivity index (χ1n) is 9.52. The Labute approximate surface area is 175 Å². The zero-order valence-corrected chi connectivity index (χ0v) is 17.2. The van der Waals surface area contributed by atoms with Crippen molar-refractivity contribution in [1.82, 2.24) is 34.7 Å². The van der Waals surface area contributed by atoms with E-state index in [1.54, 1.807) is 11.3 Å². The van der Waals surface area contributed by atoms with Crippen LogP contribution in [-0.2, 0) is 7.05 Å². The van der Waals surface area contributed by atoms with E-state index in [4.69, 9.17) is 0 Å². The van der Waals surface area contributed by atoms with Crippen LogP contribution in [0.15, 0.2) is 53.6 Å². The molecule has 6 rings (SSSR count). The number of aromatic nitrogens is 7. The zero-order chi connectivity index (χ0) is 20.2. The van der Waals surface area contributed by atoms with Crippen molar-refractivity contribution in [2.24, 2.45) is 7.05 Å². The number of hydrogen-bond donors (Lipinski definition) is 2. The van der Waals surface area contributed by atoms with Crippen LogP contribution in [0.1, 0.15) is 5.82 Å². The van der Waals surface area contributed by atoms with Crippen LogP contribution in [0.4, 0.5) is 0 Å². The van der Waals surface area contributed by atoms with Gasteiger partial charge in [0.2, 0.25) is 0 Å². The summed E-state index contributed by atoms with van der Waals surface area (Å²) in [6, 6.07) is 8.37. The van der Waals surface area contributed by atoms with Crippen molar-refractivity contribution in [2.75, 3.05) is 0 Å². The number of H-pyrrole nitrogens is 2. The quantitative estimate of drug-likeness (QED) is 0.432. The van der Waals surface area contributed by atoms with Gasteiger partial charge in [-0.15, -0.1) is 0 Å². The number of hydrogen-bond acceptors (Lipinski definition) is 5. The highest BCUT2D eigenvalue weighted by Crippen LogP contribution is 2.34. The van der Waals surface area contributed by atoms with Gasteiger partial charge < -0.3 is 9.55 Å². The van der Waals surface area contributed by atoms with E-state index in [1.807, 2.05) is 37.1 Å². The van der Waals surface area contributed by atoms with Gasteiger partial charge in [-0.25, -0.2) is 9.97 Å². The van der Waals surface area contributed by atoms with E-state index in [1.165, 1.54) is 5.56 Å². The Bertz CT molecular complexity index is 1520. The first kappa shape index (κ1) is 17.1. The molecule has 2 N–H and O–H groups in total. The lowest BCUT2D eigenvalue weighted by Crippen LogP contribution is -1.95. The van der Waals surface area contributed by atoms with E-state index >= 15 is 0 Å². The average molecular weight is 411 g/mol. The van der Waals surface area contributed by atoms with E-state index in [0.29, 0.717) is 0 Å². The van der Waals surface area contributed by atoms with Crippen molar-refractivity contribution >= 4 is 33.3 Å². The van der Waals surface area contributed by atoms with Gasteiger partial charge in [0.05, 0.1) is 35.0 Å². The summed E-state index contributed by atoms with van der Waals surface area (Å²) < 4.78 is 2.04. The minimum absolute atomic E-state index is 0.849. The van der Waals surface area contributed by atoms with Gasteiger partial charge >= 0.3 is 0 Å². The van der Waals surface area contributed by atoms with Gasteiger partial charge in [0.15, 0.2) is 0 Å². The number of aromatic amines is 2. The summed E-state index contributed by atoms with van der Waals surface area (Å²) in [7, 11) is 2.00. The highest BCUT2D eigenvalue weighted by atomic mass is 32.1. The van der Waals surface area contributed by atoms with Crippen LogP contribution in [0.5, 0.6) is 0 Å². The standard InChI is InChI=1S/C22H17N7S/c1-12-24-10-20(29(12)2)17-8-16-19(9-25-17)27-28-21(16)18-7-15-14(13-4-6-30-11-13)3-5-23-22(15)26-18/h3-11H,1-2H3,(H,23,26)(H,27,28).